The average Bonchev–Trinajstić information content (AvgIpc) is 2.59. The normalized spacial score (nSPS) is 15.2. The molecule has 1 fully saturated rings. The lowest BCUT2D eigenvalue weighted by Crippen LogP contribution is -2.48. The van der Waals surface area contributed by atoms with Gasteiger partial charge in [0, 0.05) is 31.9 Å². The number of hydrogen-bond donors (Lipinski definition) is 1. The van der Waals surface area contributed by atoms with Crippen LogP contribution in [0.3, 0.4) is 0 Å². The Morgan fingerprint density at radius 3 is 2.52 bits per heavy atom. The van der Waals surface area contributed by atoms with Gasteiger partial charge in [0.15, 0.2) is 0 Å². The second-order valence-electron chi connectivity index (χ2n) is 6.58. The minimum Gasteiger partial charge on any atom is -0.368 e. The van der Waals surface area contributed by atoms with Crippen molar-refractivity contribution in [1.29, 1.82) is 0 Å². The summed E-state index contributed by atoms with van der Waals surface area (Å²) in [5, 5.41) is 3.82. The molecule has 0 radical (unpaired) electrons. The quantitative estimate of drug-likeness (QED) is 0.905. The van der Waals surface area contributed by atoms with Crippen molar-refractivity contribution in [1.82, 2.24) is 4.90 Å². The maximum Gasteiger partial charge on any atom is 0.238 e. The monoisotopic (exact) mass is 357 g/mol. The highest BCUT2D eigenvalue weighted by molar-refractivity contribution is 6.33. The Labute approximate surface area is 154 Å². The van der Waals surface area contributed by atoms with Crippen LogP contribution in [0.15, 0.2) is 42.5 Å². The van der Waals surface area contributed by atoms with Gasteiger partial charge in [0.25, 0.3) is 0 Å². The van der Waals surface area contributed by atoms with Crippen molar-refractivity contribution in [2.24, 2.45) is 0 Å². The molecule has 0 unspecified atom stereocenters. The van der Waals surface area contributed by atoms with E-state index in [-0.39, 0.29) is 5.91 Å². The molecule has 1 heterocycles. The van der Waals surface area contributed by atoms with Crippen molar-refractivity contribution in [3.05, 3.63) is 58.6 Å². The predicted molar refractivity (Wildman–Crippen MR) is 105 cm³/mol. The van der Waals surface area contributed by atoms with Crippen molar-refractivity contribution in [3.63, 3.8) is 0 Å². The topological polar surface area (TPSA) is 35.6 Å². The van der Waals surface area contributed by atoms with Gasteiger partial charge in [-0.2, -0.15) is 0 Å². The third-order valence-electron chi connectivity index (χ3n) is 4.60. The predicted octanol–water partition coefficient (Wildman–Crippen LogP) is 3.72. The van der Waals surface area contributed by atoms with E-state index in [2.05, 4.69) is 21.2 Å². The van der Waals surface area contributed by atoms with Gasteiger partial charge in [0.2, 0.25) is 5.91 Å². The summed E-state index contributed by atoms with van der Waals surface area (Å²) < 4.78 is 0. The zero-order valence-electron chi connectivity index (χ0n) is 14.8. The number of amides is 1. The SMILES string of the molecule is Cc1ccc(C)c(NC(=O)CN2CCN(c3ccccc3Cl)CC2)c1. The average molecular weight is 358 g/mol. The van der Waals surface area contributed by atoms with Crippen molar-refractivity contribution < 1.29 is 4.79 Å². The molecule has 1 aliphatic heterocycles. The Balaban J connectivity index is 1.53. The van der Waals surface area contributed by atoms with Crippen LogP contribution in [0.1, 0.15) is 11.1 Å². The fourth-order valence-electron chi connectivity index (χ4n) is 3.12. The smallest absolute Gasteiger partial charge is 0.238 e. The Hall–Kier alpha value is -2.04. The number of nitrogens with zero attached hydrogens (tertiary/aromatic N) is 2. The van der Waals surface area contributed by atoms with E-state index < -0.39 is 0 Å². The molecule has 4 nitrogen and oxygen atoms in total. The van der Waals surface area contributed by atoms with E-state index in [9.17, 15) is 4.79 Å². The highest BCUT2D eigenvalue weighted by Gasteiger charge is 2.20. The van der Waals surface area contributed by atoms with E-state index in [1.54, 1.807) is 0 Å². The summed E-state index contributed by atoms with van der Waals surface area (Å²) in [6, 6.07) is 14.0. The number of halogens is 1. The second-order valence-corrected chi connectivity index (χ2v) is 6.99. The van der Waals surface area contributed by atoms with Gasteiger partial charge < -0.3 is 10.2 Å². The molecule has 1 N–H and O–H groups in total. The standard InChI is InChI=1S/C20H24ClN3O/c1-15-7-8-16(2)18(13-15)22-20(25)14-23-9-11-24(12-10-23)19-6-4-3-5-17(19)21/h3-8,13H,9-12,14H2,1-2H3,(H,22,25). The van der Waals surface area contributed by atoms with E-state index in [0.717, 1.165) is 53.7 Å². The summed E-state index contributed by atoms with van der Waals surface area (Å²) in [5.41, 5.74) is 4.21. The Kier molecular flexibility index (Phi) is 5.61. The molecular weight excluding hydrogens is 334 g/mol. The number of carbonyl (C=O) groups excluding carboxylic acids is 1. The molecular formula is C20H24ClN3O. The number of para-hydroxylation sites is 1. The van der Waals surface area contributed by atoms with Crippen LogP contribution >= 0.6 is 11.6 Å². The summed E-state index contributed by atoms with van der Waals surface area (Å²) in [4.78, 5) is 16.8. The molecule has 3 rings (SSSR count). The maximum atomic E-state index is 12.4. The van der Waals surface area contributed by atoms with Crippen molar-refractivity contribution >= 4 is 28.9 Å². The Bertz CT molecular complexity index is 754. The summed E-state index contributed by atoms with van der Waals surface area (Å²) in [6.45, 7) is 7.92. The lowest BCUT2D eigenvalue weighted by Gasteiger charge is -2.36. The first-order valence-electron chi connectivity index (χ1n) is 8.62. The summed E-state index contributed by atoms with van der Waals surface area (Å²) >= 11 is 6.28. The van der Waals surface area contributed by atoms with Crippen LogP contribution in [0, 0.1) is 13.8 Å². The van der Waals surface area contributed by atoms with E-state index in [1.165, 1.54) is 0 Å². The second kappa shape index (κ2) is 7.89. The van der Waals surface area contributed by atoms with Gasteiger partial charge in [-0.1, -0.05) is 35.9 Å². The molecule has 2 aromatic rings. The van der Waals surface area contributed by atoms with Gasteiger partial charge in [-0.25, -0.2) is 0 Å². The summed E-state index contributed by atoms with van der Waals surface area (Å²) in [7, 11) is 0. The number of aryl methyl sites for hydroxylation is 2. The molecule has 0 bridgehead atoms. The third kappa shape index (κ3) is 4.53. The first kappa shape index (κ1) is 17.8. The van der Waals surface area contributed by atoms with Crippen LogP contribution in [-0.4, -0.2) is 43.5 Å². The molecule has 0 atom stereocenters. The van der Waals surface area contributed by atoms with Crippen LogP contribution in [0.5, 0.6) is 0 Å². The summed E-state index contributed by atoms with van der Waals surface area (Å²) in [6.07, 6.45) is 0. The number of piperazine rings is 1. The van der Waals surface area contributed by atoms with Crippen LogP contribution < -0.4 is 10.2 Å². The van der Waals surface area contributed by atoms with Crippen LogP contribution in [0.25, 0.3) is 0 Å². The van der Waals surface area contributed by atoms with E-state index >= 15 is 0 Å². The van der Waals surface area contributed by atoms with Crippen molar-refractivity contribution in [3.8, 4) is 0 Å². The van der Waals surface area contributed by atoms with Gasteiger partial charge in [0.05, 0.1) is 17.3 Å². The van der Waals surface area contributed by atoms with Crippen LogP contribution in [0.2, 0.25) is 5.02 Å². The van der Waals surface area contributed by atoms with Gasteiger partial charge in [-0.3, -0.25) is 9.69 Å². The third-order valence-corrected chi connectivity index (χ3v) is 4.92. The van der Waals surface area contributed by atoms with Crippen molar-refractivity contribution in [2.45, 2.75) is 13.8 Å². The van der Waals surface area contributed by atoms with E-state index in [1.807, 2.05) is 50.2 Å². The van der Waals surface area contributed by atoms with E-state index in [0.29, 0.717) is 6.54 Å². The number of anilines is 2. The molecule has 1 amide bonds. The molecule has 0 aliphatic carbocycles. The first-order chi connectivity index (χ1) is 12.0. The molecule has 0 spiro atoms. The zero-order chi connectivity index (χ0) is 17.8. The number of hydrogen-bond acceptors (Lipinski definition) is 3. The van der Waals surface area contributed by atoms with Crippen molar-refractivity contribution in [2.75, 3.05) is 42.9 Å². The van der Waals surface area contributed by atoms with Crippen LogP contribution in [0.4, 0.5) is 11.4 Å². The lowest BCUT2D eigenvalue weighted by molar-refractivity contribution is -0.117. The highest BCUT2D eigenvalue weighted by atomic mass is 35.5. The fourth-order valence-corrected chi connectivity index (χ4v) is 3.37. The Morgan fingerprint density at radius 1 is 1.08 bits per heavy atom. The van der Waals surface area contributed by atoms with Gasteiger partial charge in [-0.15, -0.1) is 0 Å². The van der Waals surface area contributed by atoms with Gasteiger partial charge in [0.1, 0.15) is 0 Å². The minimum atomic E-state index is 0.0416. The Morgan fingerprint density at radius 2 is 1.80 bits per heavy atom. The largest absolute Gasteiger partial charge is 0.368 e. The maximum absolute atomic E-state index is 12.4. The van der Waals surface area contributed by atoms with Gasteiger partial charge in [-0.05, 0) is 43.2 Å². The van der Waals surface area contributed by atoms with Crippen LogP contribution in [-0.2, 0) is 4.79 Å². The molecule has 1 saturated heterocycles. The van der Waals surface area contributed by atoms with E-state index in [4.69, 9.17) is 11.6 Å². The highest BCUT2D eigenvalue weighted by Crippen LogP contribution is 2.26. The first-order valence-corrected chi connectivity index (χ1v) is 8.99. The fraction of sp³-hybridized carbons (Fsp3) is 0.350. The minimum absolute atomic E-state index is 0.0416. The molecule has 2 aromatic carbocycles. The number of benzene rings is 2. The number of nitrogens with one attached hydrogen (secondary N) is 1. The molecule has 25 heavy (non-hydrogen) atoms. The number of rotatable bonds is 4. The molecule has 132 valence electrons. The lowest BCUT2D eigenvalue weighted by atomic mass is 10.1. The number of carbonyl (C=O) groups is 1. The molecule has 5 heteroatoms. The molecule has 0 saturated carbocycles. The molecule has 0 aromatic heterocycles. The summed E-state index contributed by atoms with van der Waals surface area (Å²) in [5.74, 6) is 0.0416. The zero-order valence-corrected chi connectivity index (χ0v) is 15.5. The molecule has 1 aliphatic rings. The van der Waals surface area contributed by atoms with Gasteiger partial charge >= 0.3 is 0 Å².